The lowest BCUT2D eigenvalue weighted by Gasteiger charge is -2.32. The number of amides is 5. The Morgan fingerprint density at radius 3 is 2.63 bits per heavy atom. The minimum Gasteiger partial charge on any atom is -0.323 e. The van der Waals surface area contributed by atoms with Crippen molar-refractivity contribution in [3.63, 3.8) is 0 Å². The molecule has 204 valence electrons. The van der Waals surface area contributed by atoms with Crippen LogP contribution in [0.3, 0.4) is 0 Å². The zero-order valence-corrected chi connectivity index (χ0v) is 22.3. The van der Waals surface area contributed by atoms with E-state index in [0.29, 0.717) is 30.8 Å². The number of fused-ring (bicyclic) bond motifs is 4. The van der Waals surface area contributed by atoms with E-state index < -0.39 is 23.8 Å². The van der Waals surface area contributed by atoms with Gasteiger partial charge in [0.05, 0.1) is 11.4 Å². The molecule has 1 aliphatic carbocycles. The molecule has 7 rings (SSSR count). The van der Waals surface area contributed by atoms with Gasteiger partial charge in [-0.05, 0) is 49.1 Å². The van der Waals surface area contributed by atoms with Gasteiger partial charge in [-0.25, -0.2) is 14.6 Å². The predicted octanol–water partition coefficient (Wildman–Crippen LogP) is 3.92. The van der Waals surface area contributed by atoms with Gasteiger partial charge in [0.1, 0.15) is 5.54 Å². The smallest absolute Gasteiger partial charge is 0.322 e. The molecule has 4 N–H and O–H groups in total. The molecule has 0 bridgehead atoms. The molecule has 2 aliphatic heterocycles. The first-order valence-corrected chi connectivity index (χ1v) is 13.5. The first-order valence-electron chi connectivity index (χ1n) is 13.5. The third-order valence-electron chi connectivity index (χ3n) is 7.98. The topological polar surface area (TPSA) is 130 Å². The monoisotopic (exact) mass is 545 g/mol. The molecular formula is C31H27N7O3. The highest BCUT2D eigenvalue weighted by Gasteiger charge is 2.47. The van der Waals surface area contributed by atoms with Crippen molar-refractivity contribution in [1.29, 1.82) is 0 Å². The lowest BCUT2D eigenvalue weighted by Crippen LogP contribution is -2.51. The summed E-state index contributed by atoms with van der Waals surface area (Å²) < 4.78 is 2.03. The standard InChI is InChI=1S/C31H27N7O3/c1-18-17-32-27-26(34-25(19-7-3-2-4-8-19)23-9-5-6-10-24(23)38(18)27)35-29(40)33-22-12-11-21-16-31(14-13-20(21)15-22)28(39)36-30(41)37-31/h2-12,15,17,26H,13-14,16H2,1H3,(H2,33,35,40)(H2,36,37,39,41). The van der Waals surface area contributed by atoms with Crippen LogP contribution in [0.1, 0.15) is 46.4 Å². The van der Waals surface area contributed by atoms with Gasteiger partial charge in [-0.15, -0.1) is 0 Å². The Balaban J connectivity index is 1.17. The maximum Gasteiger partial charge on any atom is 0.322 e. The Labute approximate surface area is 235 Å². The van der Waals surface area contributed by atoms with Gasteiger partial charge in [-0.1, -0.05) is 54.6 Å². The summed E-state index contributed by atoms with van der Waals surface area (Å²) in [5.41, 5.74) is 6.26. The van der Waals surface area contributed by atoms with Gasteiger partial charge in [0.25, 0.3) is 5.91 Å². The van der Waals surface area contributed by atoms with Crippen LogP contribution in [0.5, 0.6) is 0 Å². The Hall–Kier alpha value is -5.25. The van der Waals surface area contributed by atoms with E-state index in [1.165, 1.54) is 0 Å². The van der Waals surface area contributed by atoms with Crippen molar-refractivity contribution >= 4 is 29.4 Å². The van der Waals surface area contributed by atoms with Crippen molar-refractivity contribution in [3.8, 4) is 5.69 Å². The molecule has 1 aromatic heterocycles. The van der Waals surface area contributed by atoms with Gasteiger partial charge < -0.3 is 16.0 Å². The summed E-state index contributed by atoms with van der Waals surface area (Å²) in [4.78, 5) is 47.1. The van der Waals surface area contributed by atoms with E-state index in [9.17, 15) is 14.4 Å². The molecule has 0 saturated carbocycles. The number of imide groups is 1. The van der Waals surface area contributed by atoms with Gasteiger partial charge >= 0.3 is 12.1 Å². The number of rotatable bonds is 3. The van der Waals surface area contributed by atoms with Crippen LogP contribution in [0, 0.1) is 6.92 Å². The molecule has 3 aliphatic rings. The molecule has 41 heavy (non-hydrogen) atoms. The van der Waals surface area contributed by atoms with Gasteiger partial charge in [0.15, 0.2) is 12.0 Å². The zero-order valence-electron chi connectivity index (χ0n) is 22.3. The van der Waals surface area contributed by atoms with Crippen LogP contribution in [-0.2, 0) is 17.6 Å². The van der Waals surface area contributed by atoms with Crippen LogP contribution in [0.4, 0.5) is 15.3 Å². The molecule has 1 fully saturated rings. The molecule has 10 heteroatoms. The second-order valence-electron chi connectivity index (χ2n) is 10.6. The van der Waals surface area contributed by atoms with E-state index in [-0.39, 0.29) is 5.91 Å². The second-order valence-corrected chi connectivity index (χ2v) is 10.6. The van der Waals surface area contributed by atoms with E-state index in [4.69, 9.17) is 4.99 Å². The summed E-state index contributed by atoms with van der Waals surface area (Å²) in [5, 5.41) is 11.1. The minimum absolute atomic E-state index is 0.288. The van der Waals surface area contributed by atoms with E-state index in [1.54, 1.807) is 12.3 Å². The number of aliphatic imine (C=N–C) groups is 1. The molecule has 4 aromatic rings. The molecule has 0 radical (unpaired) electrons. The highest BCUT2D eigenvalue weighted by Crippen LogP contribution is 2.33. The van der Waals surface area contributed by atoms with Crippen molar-refractivity contribution in [2.45, 2.75) is 37.9 Å². The third-order valence-corrected chi connectivity index (χ3v) is 7.98. The molecule has 1 spiro atoms. The number of carbonyl (C=O) groups is 3. The molecule has 1 saturated heterocycles. The summed E-state index contributed by atoms with van der Waals surface area (Å²) in [6.07, 6.45) is 2.55. The van der Waals surface area contributed by atoms with Crippen molar-refractivity contribution < 1.29 is 14.4 Å². The number of aryl methyl sites for hydroxylation is 2. The molecule has 5 amide bonds. The number of hydrogen-bond donors (Lipinski definition) is 4. The Morgan fingerprint density at radius 1 is 1.02 bits per heavy atom. The fraction of sp³-hybridized carbons (Fsp3) is 0.194. The first kappa shape index (κ1) is 24.8. The number of benzene rings is 3. The molecular weight excluding hydrogens is 518 g/mol. The fourth-order valence-electron chi connectivity index (χ4n) is 6.00. The average molecular weight is 546 g/mol. The lowest BCUT2D eigenvalue weighted by molar-refractivity contribution is -0.124. The van der Waals surface area contributed by atoms with Crippen molar-refractivity contribution in [2.24, 2.45) is 4.99 Å². The fourth-order valence-corrected chi connectivity index (χ4v) is 6.00. The Morgan fingerprint density at radius 2 is 1.83 bits per heavy atom. The van der Waals surface area contributed by atoms with Crippen LogP contribution in [-0.4, -0.2) is 38.8 Å². The second kappa shape index (κ2) is 9.44. The van der Waals surface area contributed by atoms with E-state index in [1.807, 2.05) is 78.2 Å². The first-order chi connectivity index (χ1) is 19.9. The number of urea groups is 2. The number of nitrogens with one attached hydrogen (secondary N) is 4. The van der Waals surface area contributed by atoms with Gasteiger partial charge in [0, 0.05) is 35.1 Å². The van der Waals surface area contributed by atoms with Crippen molar-refractivity contribution in [3.05, 3.63) is 113 Å². The van der Waals surface area contributed by atoms with Crippen LogP contribution >= 0.6 is 0 Å². The SMILES string of the molecule is Cc1cnc2n1-c1ccccc1C(c1ccccc1)=NC2NC(=O)Nc1ccc2c(c1)CCC1(C2)NC(=O)NC1=O. The maximum absolute atomic E-state index is 13.3. The highest BCUT2D eigenvalue weighted by atomic mass is 16.2. The highest BCUT2D eigenvalue weighted by molar-refractivity contribution is 6.15. The summed E-state index contributed by atoms with van der Waals surface area (Å²) in [7, 11) is 0. The Bertz CT molecular complexity index is 1760. The van der Waals surface area contributed by atoms with Gasteiger partial charge in [-0.2, -0.15) is 0 Å². The Kier molecular flexibility index (Phi) is 5.70. The molecule has 2 unspecified atom stereocenters. The molecule has 3 heterocycles. The van der Waals surface area contributed by atoms with Crippen LogP contribution in [0.25, 0.3) is 5.69 Å². The number of hydrogen-bond acceptors (Lipinski definition) is 5. The van der Waals surface area contributed by atoms with Gasteiger partial charge in [0.2, 0.25) is 0 Å². The number of para-hydroxylation sites is 1. The lowest BCUT2D eigenvalue weighted by atomic mass is 9.78. The van der Waals surface area contributed by atoms with Gasteiger partial charge in [-0.3, -0.25) is 19.7 Å². The molecule has 3 aromatic carbocycles. The van der Waals surface area contributed by atoms with Crippen LogP contribution < -0.4 is 21.3 Å². The summed E-state index contributed by atoms with van der Waals surface area (Å²) in [5.74, 6) is 0.327. The van der Waals surface area contributed by atoms with E-state index in [0.717, 1.165) is 39.3 Å². The summed E-state index contributed by atoms with van der Waals surface area (Å²) in [6.45, 7) is 1.98. The van der Waals surface area contributed by atoms with E-state index in [2.05, 4.69) is 26.3 Å². The quantitative estimate of drug-likeness (QED) is 0.291. The number of nitrogens with zero attached hydrogens (tertiary/aromatic N) is 3. The molecule has 2 atom stereocenters. The van der Waals surface area contributed by atoms with Crippen molar-refractivity contribution in [2.75, 3.05) is 5.32 Å². The number of imidazole rings is 1. The van der Waals surface area contributed by atoms with Crippen LogP contribution in [0.15, 0.2) is 84.0 Å². The normalized spacial score (nSPS) is 20.6. The largest absolute Gasteiger partial charge is 0.323 e. The number of aromatic nitrogens is 2. The summed E-state index contributed by atoms with van der Waals surface area (Å²) >= 11 is 0. The predicted molar refractivity (Wildman–Crippen MR) is 153 cm³/mol. The zero-order chi connectivity index (χ0) is 28.1. The van der Waals surface area contributed by atoms with Crippen LogP contribution in [0.2, 0.25) is 0 Å². The number of anilines is 1. The van der Waals surface area contributed by atoms with E-state index >= 15 is 0 Å². The summed E-state index contributed by atoms with van der Waals surface area (Å²) in [6, 6.07) is 22.7. The number of carbonyl (C=O) groups excluding carboxylic acids is 3. The maximum atomic E-state index is 13.3. The minimum atomic E-state index is -0.901. The average Bonchev–Trinajstić information content (AvgIpc) is 3.44. The van der Waals surface area contributed by atoms with Crippen molar-refractivity contribution in [1.82, 2.24) is 25.5 Å². The molecule has 10 nitrogen and oxygen atoms in total. The third kappa shape index (κ3) is 4.24.